The Kier molecular flexibility index (Phi) is 5.22. The average molecular weight is 379 g/mol. The molecule has 6 nitrogen and oxygen atoms in total. The molecule has 3 aliphatic rings. The second-order valence-corrected chi connectivity index (χ2v) is 10.6. The summed E-state index contributed by atoms with van der Waals surface area (Å²) in [5.74, 6) is 0.321. The zero-order chi connectivity index (χ0) is 17.6. The zero-order valence-electron chi connectivity index (χ0n) is 14.3. The van der Waals surface area contributed by atoms with Crippen LogP contribution in [0.2, 0.25) is 0 Å². The maximum Gasteiger partial charge on any atom is 0.316 e. The van der Waals surface area contributed by atoms with Crippen LogP contribution in [0, 0.1) is 23.7 Å². The molecular weight excluding hydrogens is 352 g/mol. The Morgan fingerprint density at radius 2 is 2.04 bits per heavy atom. The Morgan fingerprint density at radius 1 is 1.33 bits per heavy atom. The van der Waals surface area contributed by atoms with Gasteiger partial charge < -0.3 is 9.84 Å². The number of thioether (sulfide) groups is 1. The molecule has 1 N–H and O–H groups in total. The van der Waals surface area contributed by atoms with Crippen LogP contribution in [0.15, 0.2) is 0 Å². The summed E-state index contributed by atoms with van der Waals surface area (Å²) >= 11 is 1.18. The lowest BCUT2D eigenvalue weighted by molar-refractivity contribution is -0.152. The first-order chi connectivity index (χ1) is 11.2. The fraction of sp³-hybridized carbons (Fsp3) is 0.938. The van der Waals surface area contributed by atoms with Gasteiger partial charge in [-0.15, -0.1) is 11.8 Å². The molecule has 3 fully saturated rings. The van der Waals surface area contributed by atoms with Gasteiger partial charge in [0.05, 0.1) is 11.0 Å². The number of fused-ring (bicyclic) bond motifs is 1. The molecule has 0 aromatic carbocycles. The van der Waals surface area contributed by atoms with Crippen molar-refractivity contribution in [2.75, 3.05) is 5.75 Å². The van der Waals surface area contributed by atoms with Gasteiger partial charge in [-0.3, -0.25) is 8.98 Å². The molecule has 3 rings (SSSR count). The molecule has 0 spiro atoms. The third kappa shape index (κ3) is 3.48. The first kappa shape index (κ1) is 18.5. The highest BCUT2D eigenvalue weighted by atomic mass is 32.2. The summed E-state index contributed by atoms with van der Waals surface area (Å²) in [6.45, 7) is 6.16. The second-order valence-electron chi connectivity index (χ2n) is 7.75. The van der Waals surface area contributed by atoms with Crippen molar-refractivity contribution in [3.8, 4) is 0 Å². The van der Waals surface area contributed by atoms with E-state index in [9.17, 15) is 18.3 Å². The minimum atomic E-state index is -3.49. The van der Waals surface area contributed by atoms with Gasteiger partial charge in [0.25, 0.3) is 10.1 Å². The van der Waals surface area contributed by atoms with Gasteiger partial charge >= 0.3 is 5.97 Å². The third-order valence-corrected chi connectivity index (χ3v) is 8.37. The number of rotatable bonds is 7. The van der Waals surface area contributed by atoms with Gasteiger partial charge in [-0.25, -0.2) is 0 Å². The number of carbonyl (C=O) groups is 1. The van der Waals surface area contributed by atoms with Crippen LogP contribution < -0.4 is 0 Å². The molecule has 0 amide bonds. The number of esters is 1. The highest BCUT2D eigenvalue weighted by molar-refractivity contribution is 8.00. The number of carbonyl (C=O) groups excluding carboxylic acids is 1. The van der Waals surface area contributed by atoms with Crippen LogP contribution in [0.5, 0.6) is 0 Å². The average Bonchev–Trinajstić information content (AvgIpc) is 3.08. The van der Waals surface area contributed by atoms with Crippen molar-refractivity contribution in [1.82, 2.24) is 0 Å². The highest BCUT2D eigenvalue weighted by Crippen LogP contribution is 2.55. The number of hydrogen-bond donors (Lipinski definition) is 1. The Hall–Kier alpha value is -0.310. The molecular formula is C16H26O6S2. The van der Waals surface area contributed by atoms with Crippen molar-refractivity contribution in [2.45, 2.75) is 62.9 Å². The maximum atomic E-state index is 12.1. The quantitative estimate of drug-likeness (QED) is 0.410. The molecule has 24 heavy (non-hydrogen) atoms. The largest absolute Gasteiger partial charge is 0.459 e. The summed E-state index contributed by atoms with van der Waals surface area (Å²) in [5, 5.41) is 9.70. The topological polar surface area (TPSA) is 89.9 Å². The summed E-state index contributed by atoms with van der Waals surface area (Å²) < 4.78 is 34.5. The fourth-order valence-electron chi connectivity index (χ4n) is 4.41. The van der Waals surface area contributed by atoms with E-state index in [1.807, 2.05) is 6.92 Å². The van der Waals surface area contributed by atoms with E-state index in [4.69, 9.17) is 8.92 Å². The lowest BCUT2D eigenvalue weighted by Gasteiger charge is -2.25. The normalized spacial score (nSPS) is 38.5. The van der Waals surface area contributed by atoms with Crippen LogP contribution in [-0.4, -0.2) is 48.1 Å². The monoisotopic (exact) mass is 378 g/mol. The minimum absolute atomic E-state index is 0.0258. The van der Waals surface area contributed by atoms with E-state index in [2.05, 4.69) is 13.8 Å². The number of hydrogen-bond acceptors (Lipinski definition) is 7. The molecule has 8 heteroatoms. The Balaban J connectivity index is 1.48. The summed E-state index contributed by atoms with van der Waals surface area (Å²) in [7, 11) is -3.49. The van der Waals surface area contributed by atoms with E-state index < -0.39 is 39.0 Å². The van der Waals surface area contributed by atoms with Crippen LogP contribution in [0.1, 0.15) is 40.0 Å². The number of aliphatic hydroxyl groups is 1. The lowest BCUT2D eigenvalue weighted by Crippen LogP contribution is -2.37. The first-order valence-corrected chi connectivity index (χ1v) is 11.1. The Morgan fingerprint density at radius 3 is 2.71 bits per heavy atom. The van der Waals surface area contributed by atoms with E-state index in [1.54, 1.807) is 0 Å². The molecule has 1 aliphatic heterocycles. The third-order valence-electron chi connectivity index (χ3n) is 5.38. The van der Waals surface area contributed by atoms with Crippen LogP contribution in [0.25, 0.3) is 0 Å². The van der Waals surface area contributed by atoms with Crippen LogP contribution >= 0.6 is 11.8 Å². The van der Waals surface area contributed by atoms with Crippen molar-refractivity contribution in [2.24, 2.45) is 23.7 Å². The minimum Gasteiger partial charge on any atom is -0.459 e. The van der Waals surface area contributed by atoms with Gasteiger partial charge in [0.15, 0.2) is 0 Å². The molecule has 2 aliphatic carbocycles. The van der Waals surface area contributed by atoms with Crippen LogP contribution in [0.3, 0.4) is 0 Å². The summed E-state index contributed by atoms with van der Waals surface area (Å²) in [5.41, 5.74) is -0.604. The van der Waals surface area contributed by atoms with Crippen LogP contribution in [-0.2, 0) is 23.8 Å². The van der Waals surface area contributed by atoms with E-state index in [0.717, 1.165) is 12.8 Å². The van der Waals surface area contributed by atoms with Crippen molar-refractivity contribution in [3.05, 3.63) is 0 Å². The second kappa shape index (κ2) is 6.78. The molecule has 1 saturated heterocycles. The molecule has 7 atom stereocenters. The molecule has 2 bridgehead atoms. The van der Waals surface area contributed by atoms with E-state index in [1.165, 1.54) is 11.8 Å². The zero-order valence-corrected chi connectivity index (χ0v) is 15.9. The van der Waals surface area contributed by atoms with Crippen LogP contribution in [0.4, 0.5) is 0 Å². The Bertz CT molecular complexity index is 589. The van der Waals surface area contributed by atoms with E-state index in [0.29, 0.717) is 12.3 Å². The standard InChI is InChI=1S/C16H26O6S2/c1-8(2)4-9(3)16(18)23-7-13(17)21-14-10-5-11-12(6-10)24(19,20)22-15(11)14/h8-12,14-16,18H,4-7H2,1-3H3. The summed E-state index contributed by atoms with van der Waals surface area (Å²) in [6, 6.07) is 0. The molecule has 7 unspecified atom stereocenters. The molecule has 138 valence electrons. The van der Waals surface area contributed by atoms with Gasteiger partial charge in [0, 0.05) is 11.8 Å². The number of ether oxygens (including phenoxy) is 1. The van der Waals surface area contributed by atoms with Crippen molar-refractivity contribution >= 4 is 27.8 Å². The van der Waals surface area contributed by atoms with Gasteiger partial charge in [-0.2, -0.15) is 8.42 Å². The molecule has 0 aromatic rings. The summed E-state index contributed by atoms with van der Waals surface area (Å²) in [4.78, 5) is 12.1. The van der Waals surface area contributed by atoms with Crippen molar-refractivity contribution in [1.29, 1.82) is 0 Å². The smallest absolute Gasteiger partial charge is 0.316 e. The van der Waals surface area contributed by atoms with Gasteiger partial charge in [0.1, 0.15) is 17.6 Å². The first-order valence-electron chi connectivity index (χ1n) is 8.60. The number of aliphatic hydroxyl groups excluding tert-OH is 1. The van der Waals surface area contributed by atoms with Gasteiger partial charge in [0.2, 0.25) is 0 Å². The molecule has 0 aromatic heterocycles. The molecule has 1 heterocycles. The van der Waals surface area contributed by atoms with E-state index >= 15 is 0 Å². The van der Waals surface area contributed by atoms with Gasteiger partial charge in [-0.1, -0.05) is 20.8 Å². The predicted molar refractivity (Wildman–Crippen MR) is 90.8 cm³/mol. The predicted octanol–water partition coefficient (Wildman–Crippen LogP) is 1.77. The van der Waals surface area contributed by atoms with Gasteiger partial charge in [-0.05, 0) is 31.1 Å². The van der Waals surface area contributed by atoms with E-state index in [-0.39, 0.29) is 23.5 Å². The highest BCUT2D eigenvalue weighted by Gasteiger charge is 2.65. The Labute approximate surface area is 147 Å². The molecule has 0 radical (unpaired) electrons. The molecule has 2 saturated carbocycles. The van der Waals surface area contributed by atoms with Crippen molar-refractivity contribution < 1.29 is 27.2 Å². The fourth-order valence-corrected chi connectivity index (χ4v) is 7.10. The van der Waals surface area contributed by atoms with Crippen molar-refractivity contribution in [3.63, 3.8) is 0 Å². The lowest BCUT2D eigenvalue weighted by atomic mass is 9.94. The SMILES string of the molecule is CC(C)CC(C)C(O)SCC(=O)OC1C2CC3C1OS(=O)(=O)C3C2. The summed E-state index contributed by atoms with van der Waals surface area (Å²) in [6.07, 6.45) is 1.22. The maximum absolute atomic E-state index is 12.1.